The van der Waals surface area contributed by atoms with Gasteiger partial charge in [0.15, 0.2) is 0 Å². The van der Waals surface area contributed by atoms with Crippen molar-refractivity contribution >= 4 is 27.5 Å². The van der Waals surface area contributed by atoms with E-state index in [1.165, 1.54) is 0 Å². The standard InChI is InChI=1S/C14H21BrClN3/c1-10-9-19(6-5-18(10)2)14(8-17)12-7-11(15)3-4-13(12)16/h3-4,7,10,14H,5-6,8-9,17H2,1-2H3. The van der Waals surface area contributed by atoms with Crippen LogP contribution < -0.4 is 5.73 Å². The molecular weight excluding hydrogens is 326 g/mol. The van der Waals surface area contributed by atoms with Crippen molar-refractivity contribution in [1.82, 2.24) is 9.80 Å². The average Bonchev–Trinajstić information content (AvgIpc) is 2.38. The van der Waals surface area contributed by atoms with Crippen molar-refractivity contribution in [3.8, 4) is 0 Å². The second kappa shape index (κ2) is 6.55. The summed E-state index contributed by atoms with van der Waals surface area (Å²) in [6.07, 6.45) is 0. The van der Waals surface area contributed by atoms with Crippen molar-refractivity contribution < 1.29 is 0 Å². The molecular formula is C14H21BrClN3. The monoisotopic (exact) mass is 345 g/mol. The van der Waals surface area contributed by atoms with Gasteiger partial charge in [0.05, 0.1) is 0 Å². The highest BCUT2D eigenvalue weighted by molar-refractivity contribution is 9.10. The Hall–Kier alpha value is -0.130. The quantitative estimate of drug-likeness (QED) is 0.913. The maximum atomic E-state index is 6.34. The van der Waals surface area contributed by atoms with E-state index in [4.69, 9.17) is 17.3 Å². The third-order valence-electron chi connectivity index (χ3n) is 3.97. The largest absolute Gasteiger partial charge is 0.329 e. The fraction of sp³-hybridized carbons (Fsp3) is 0.571. The van der Waals surface area contributed by atoms with Crippen LogP contribution in [0, 0.1) is 0 Å². The van der Waals surface area contributed by atoms with E-state index in [1.54, 1.807) is 0 Å². The van der Waals surface area contributed by atoms with Gasteiger partial charge in [-0.3, -0.25) is 4.90 Å². The van der Waals surface area contributed by atoms with Crippen LogP contribution in [0.1, 0.15) is 18.5 Å². The summed E-state index contributed by atoms with van der Waals surface area (Å²) < 4.78 is 1.05. The van der Waals surface area contributed by atoms with E-state index in [9.17, 15) is 0 Å². The molecule has 0 saturated carbocycles. The third kappa shape index (κ3) is 3.50. The molecule has 2 unspecified atom stereocenters. The van der Waals surface area contributed by atoms with Gasteiger partial charge in [0, 0.05) is 47.8 Å². The normalized spacial score (nSPS) is 23.5. The van der Waals surface area contributed by atoms with Gasteiger partial charge in [-0.15, -0.1) is 0 Å². The van der Waals surface area contributed by atoms with Gasteiger partial charge in [-0.1, -0.05) is 27.5 Å². The number of nitrogens with zero attached hydrogens (tertiary/aromatic N) is 2. The Morgan fingerprint density at radius 2 is 2.21 bits per heavy atom. The zero-order chi connectivity index (χ0) is 14.0. The molecule has 1 aromatic rings. The van der Waals surface area contributed by atoms with Gasteiger partial charge in [0.25, 0.3) is 0 Å². The van der Waals surface area contributed by atoms with E-state index < -0.39 is 0 Å². The summed E-state index contributed by atoms with van der Waals surface area (Å²) in [6, 6.07) is 6.73. The van der Waals surface area contributed by atoms with Crippen molar-refractivity contribution in [2.75, 3.05) is 33.2 Å². The first-order chi connectivity index (χ1) is 9.02. The van der Waals surface area contributed by atoms with E-state index in [-0.39, 0.29) is 6.04 Å². The first-order valence-electron chi connectivity index (χ1n) is 6.62. The minimum absolute atomic E-state index is 0.196. The predicted molar refractivity (Wildman–Crippen MR) is 84.6 cm³/mol. The lowest BCUT2D eigenvalue weighted by molar-refractivity contribution is 0.0741. The maximum Gasteiger partial charge on any atom is 0.0486 e. The number of hydrogen-bond donors (Lipinski definition) is 1. The lowest BCUT2D eigenvalue weighted by Crippen LogP contribution is -2.52. The molecule has 0 radical (unpaired) electrons. The van der Waals surface area contributed by atoms with Gasteiger partial charge in [-0.2, -0.15) is 0 Å². The Balaban J connectivity index is 2.22. The van der Waals surface area contributed by atoms with Crippen LogP contribution in [0.2, 0.25) is 5.02 Å². The molecule has 0 amide bonds. The minimum Gasteiger partial charge on any atom is -0.329 e. The van der Waals surface area contributed by atoms with E-state index >= 15 is 0 Å². The fourth-order valence-corrected chi connectivity index (χ4v) is 3.22. The van der Waals surface area contributed by atoms with Crippen molar-refractivity contribution in [1.29, 1.82) is 0 Å². The summed E-state index contributed by atoms with van der Waals surface area (Å²) >= 11 is 9.85. The molecule has 1 aromatic carbocycles. The molecule has 2 rings (SSSR count). The van der Waals surface area contributed by atoms with E-state index in [2.05, 4.69) is 45.8 Å². The highest BCUT2D eigenvalue weighted by Crippen LogP contribution is 2.30. The molecule has 0 bridgehead atoms. The van der Waals surface area contributed by atoms with Crippen LogP contribution in [-0.4, -0.2) is 49.1 Å². The molecule has 19 heavy (non-hydrogen) atoms. The molecule has 106 valence electrons. The first kappa shape index (κ1) is 15.3. The topological polar surface area (TPSA) is 32.5 Å². The minimum atomic E-state index is 0.196. The molecule has 2 N–H and O–H groups in total. The van der Waals surface area contributed by atoms with Gasteiger partial charge in [-0.05, 0) is 37.7 Å². The number of hydrogen-bond acceptors (Lipinski definition) is 3. The van der Waals surface area contributed by atoms with Crippen LogP contribution in [0.5, 0.6) is 0 Å². The number of halogens is 2. The van der Waals surface area contributed by atoms with Crippen LogP contribution in [0.25, 0.3) is 0 Å². The fourth-order valence-electron chi connectivity index (χ4n) is 2.60. The third-order valence-corrected chi connectivity index (χ3v) is 4.81. The molecule has 1 heterocycles. The molecule has 0 aromatic heterocycles. The molecule has 1 fully saturated rings. The highest BCUT2D eigenvalue weighted by atomic mass is 79.9. The number of nitrogens with two attached hydrogens (primary N) is 1. The lowest BCUT2D eigenvalue weighted by Gasteiger charge is -2.41. The summed E-state index contributed by atoms with van der Waals surface area (Å²) in [6.45, 7) is 5.98. The van der Waals surface area contributed by atoms with Crippen molar-refractivity contribution in [2.24, 2.45) is 5.73 Å². The summed E-state index contributed by atoms with van der Waals surface area (Å²) in [5, 5.41) is 0.797. The number of benzene rings is 1. The summed E-state index contributed by atoms with van der Waals surface area (Å²) in [5.74, 6) is 0. The lowest BCUT2D eigenvalue weighted by atomic mass is 10.0. The van der Waals surface area contributed by atoms with Crippen molar-refractivity contribution in [3.63, 3.8) is 0 Å². The second-order valence-electron chi connectivity index (χ2n) is 5.24. The SMILES string of the molecule is CC1CN(C(CN)c2cc(Br)ccc2Cl)CCN1C. The van der Waals surface area contributed by atoms with Crippen LogP contribution in [-0.2, 0) is 0 Å². The Morgan fingerprint density at radius 1 is 1.47 bits per heavy atom. The Bertz CT molecular complexity index is 441. The van der Waals surface area contributed by atoms with Gasteiger partial charge in [-0.25, -0.2) is 0 Å². The second-order valence-corrected chi connectivity index (χ2v) is 6.56. The van der Waals surface area contributed by atoms with Gasteiger partial charge < -0.3 is 10.6 Å². The van der Waals surface area contributed by atoms with Crippen LogP contribution >= 0.6 is 27.5 Å². The van der Waals surface area contributed by atoms with E-state index in [1.807, 2.05) is 12.1 Å². The number of piperazine rings is 1. The Kier molecular flexibility index (Phi) is 5.26. The zero-order valence-electron chi connectivity index (χ0n) is 11.4. The van der Waals surface area contributed by atoms with Crippen molar-refractivity contribution in [2.45, 2.75) is 19.0 Å². The zero-order valence-corrected chi connectivity index (χ0v) is 13.8. The summed E-state index contributed by atoms with van der Waals surface area (Å²) in [5.41, 5.74) is 7.13. The van der Waals surface area contributed by atoms with Crippen molar-refractivity contribution in [3.05, 3.63) is 33.3 Å². The molecule has 1 aliphatic heterocycles. The van der Waals surface area contributed by atoms with Gasteiger partial charge in [0.1, 0.15) is 0 Å². The maximum absolute atomic E-state index is 6.34. The molecule has 2 atom stereocenters. The van der Waals surface area contributed by atoms with Gasteiger partial charge >= 0.3 is 0 Å². The van der Waals surface area contributed by atoms with Gasteiger partial charge in [0.2, 0.25) is 0 Å². The van der Waals surface area contributed by atoms with E-state index in [0.29, 0.717) is 12.6 Å². The van der Waals surface area contributed by atoms with Crippen LogP contribution in [0.3, 0.4) is 0 Å². The molecule has 0 spiro atoms. The highest BCUT2D eigenvalue weighted by Gasteiger charge is 2.27. The summed E-state index contributed by atoms with van der Waals surface area (Å²) in [7, 11) is 2.17. The molecule has 1 aliphatic rings. The predicted octanol–water partition coefficient (Wildman–Crippen LogP) is 2.74. The average molecular weight is 347 g/mol. The molecule has 0 aliphatic carbocycles. The molecule has 5 heteroatoms. The smallest absolute Gasteiger partial charge is 0.0486 e. The van der Waals surface area contributed by atoms with Crippen LogP contribution in [0.4, 0.5) is 0 Å². The number of rotatable bonds is 3. The van der Waals surface area contributed by atoms with Crippen LogP contribution in [0.15, 0.2) is 22.7 Å². The van der Waals surface area contributed by atoms with E-state index in [0.717, 1.165) is 34.7 Å². The number of likely N-dealkylation sites (N-methyl/N-ethyl adjacent to an activating group) is 1. The Labute approximate surface area is 128 Å². The molecule has 1 saturated heterocycles. The summed E-state index contributed by atoms with van der Waals surface area (Å²) in [4.78, 5) is 4.82. The Morgan fingerprint density at radius 3 is 2.84 bits per heavy atom. The molecule has 3 nitrogen and oxygen atoms in total. The first-order valence-corrected chi connectivity index (χ1v) is 7.79.